The third kappa shape index (κ3) is 3.37. The van der Waals surface area contributed by atoms with Gasteiger partial charge < -0.3 is 9.32 Å². The predicted molar refractivity (Wildman–Crippen MR) is 84.1 cm³/mol. The Morgan fingerprint density at radius 2 is 2.00 bits per heavy atom. The van der Waals surface area contributed by atoms with Gasteiger partial charge in [-0.1, -0.05) is 12.2 Å². The second-order valence-electron chi connectivity index (χ2n) is 4.74. The molecule has 8 heteroatoms. The van der Waals surface area contributed by atoms with Crippen LogP contribution in [0.2, 0.25) is 0 Å². The Kier molecular flexibility index (Phi) is 4.75. The lowest BCUT2D eigenvalue weighted by molar-refractivity contribution is -0.384. The molecule has 8 nitrogen and oxygen atoms in total. The number of benzene rings is 1. The molecular formula is C15H15N3O5. The molecule has 2 rings (SSSR count). The van der Waals surface area contributed by atoms with E-state index in [0.717, 1.165) is 10.6 Å². The predicted octanol–water partition coefficient (Wildman–Crippen LogP) is 1.70. The fraction of sp³-hybridized carbons (Fsp3) is 0.200. The summed E-state index contributed by atoms with van der Waals surface area (Å²) in [5, 5.41) is 10.7. The van der Waals surface area contributed by atoms with E-state index < -0.39 is 10.7 Å². The fourth-order valence-electron chi connectivity index (χ4n) is 2.14. The molecule has 0 aliphatic rings. The average molecular weight is 317 g/mol. The van der Waals surface area contributed by atoms with Crippen molar-refractivity contribution in [3.8, 4) is 0 Å². The number of carbonyl (C=O) groups is 1. The van der Waals surface area contributed by atoms with Crippen LogP contribution in [0, 0.1) is 10.1 Å². The molecule has 1 aromatic carbocycles. The first kappa shape index (κ1) is 16.2. The monoisotopic (exact) mass is 317 g/mol. The Morgan fingerprint density at radius 3 is 2.57 bits per heavy atom. The molecule has 0 saturated carbocycles. The van der Waals surface area contributed by atoms with Crippen LogP contribution in [-0.4, -0.2) is 33.4 Å². The minimum Gasteiger partial charge on any atom is -0.407 e. The molecule has 0 atom stereocenters. The Balaban J connectivity index is 2.36. The molecule has 1 amide bonds. The number of oxazole rings is 1. The number of carbonyl (C=O) groups excluding carboxylic acids is 1. The van der Waals surface area contributed by atoms with Crippen LogP contribution < -0.4 is 5.76 Å². The molecule has 1 aromatic heterocycles. The molecule has 0 saturated heterocycles. The number of aromatic nitrogens is 1. The summed E-state index contributed by atoms with van der Waals surface area (Å²) in [6.45, 7) is 7.56. The lowest BCUT2D eigenvalue weighted by atomic mass is 10.3. The van der Waals surface area contributed by atoms with E-state index in [0.29, 0.717) is 18.6 Å². The van der Waals surface area contributed by atoms with Crippen molar-refractivity contribution >= 4 is 22.7 Å². The van der Waals surface area contributed by atoms with Crippen LogP contribution in [0.3, 0.4) is 0 Å². The van der Waals surface area contributed by atoms with Crippen molar-refractivity contribution in [2.45, 2.75) is 6.54 Å². The number of rotatable bonds is 7. The van der Waals surface area contributed by atoms with Gasteiger partial charge in [-0.25, -0.2) is 4.79 Å². The quantitative estimate of drug-likeness (QED) is 0.440. The molecule has 0 fully saturated rings. The molecular weight excluding hydrogens is 302 g/mol. The van der Waals surface area contributed by atoms with Gasteiger partial charge in [0.2, 0.25) is 5.91 Å². The SMILES string of the molecule is C=CCN(CC=C)C(=O)Cn1c(=O)oc2cc([N+](=O)[O-])ccc21. The molecule has 1 heterocycles. The normalized spacial score (nSPS) is 10.4. The van der Waals surface area contributed by atoms with Crippen molar-refractivity contribution in [2.24, 2.45) is 0 Å². The highest BCUT2D eigenvalue weighted by atomic mass is 16.6. The zero-order valence-corrected chi connectivity index (χ0v) is 12.3. The van der Waals surface area contributed by atoms with E-state index in [-0.39, 0.29) is 23.7 Å². The van der Waals surface area contributed by atoms with Crippen molar-refractivity contribution in [3.63, 3.8) is 0 Å². The molecule has 2 aromatic rings. The average Bonchev–Trinajstić information content (AvgIpc) is 2.82. The van der Waals surface area contributed by atoms with Gasteiger partial charge in [-0.2, -0.15) is 0 Å². The fourth-order valence-corrected chi connectivity index (χ4v) is 2.14. The molecule has 0 aliphatic heterocycles. The van der Waals surface area contributed by atoms with Gasteiger partial charge in [0.05, 0.1) is 16.5 Å². The number of nitro benzene ring substituents is 1. The van der Waals surface area contributed by atoms with Crippen LogP contribution in [0.5, 0.6) is 0 Å². The summed E-state index contributed by atoms with van der Waals surface area (Å²) in [6.07, 6.45) is 3.14. The summed E-state index contributed by atoms with van der Waals surface area (Å²) in [4.78, 5) is 35.8. The van der Waals surface area contributed by atoms with Crippen molar-refractivity contribution in [1.29, 1.82) is 0 Å². The highest BCUT2D eigenvalue weighted by Crippen LogP contribution is 2.20. The minimum absolute atomic E-state index is 0.0657. The van der Waals surface area contributed by atoms with Crippen molar-refractivity contribution < 1.29 is 14.1 Å². The van der Waals surface area contributed by atoms with Gasteiger partial charge in [0.15, 0.2) is 5.58 Å². The number of nitro groups is 1. The van der Waals surface area contributed by atoms with E-state index >= 15 is 0 Å². The molecule has 0 unspecified atom stereocenters. The number of non-ortho nitro benzene ring substituents is 1. The van der Waals surface area contributed by atoms with Gasteiger partial charge >= 0.3 is 5.76 Å². The van der Waals surface area contributed by atoms with E-state index in [1.54, 1.807) is 12.2 Å². The maximum Gasteiger partial charge on any atom is 0.420 e. The Bertz CT molecular complexity index is 823. The largest absolute Gasteiger partial charge is 0.420 e. The summed E-state index contributed by atoms with van der Waals surface area (Å²) in [7, 11) is 0. The first-order valence-corrected chi connectivity index (χ1v) is 6.75. The lowest BCUT2D eigenvalue weighted by Crippen LogP contribution is -2.35. The summed E-state index contributed by atoms with van der Waals surface area (Å²) in [5.74, 6) is -1.06. The van der Waals surface area contributed by atoms with Gasteiger partial charge in [-0.15, -0.1) is 13.2 Å². The van der Waals surface area contributed by atoms with Gasteiger partial charge in [-0.3, -0.25) is 19.5 Å². The van der Waals surface area contributed by atoms with Gasteiger partial charge in [0.1, 0.15) is 6.54 Å². The molecule has 0 bridgehead atoms. The Hall–Kier alpha value is -3.16. The number of hydrogen-bond acceptors (Lipinski definition) is 5. The molecule has 0 spiro atoms. The van der Waals surface area contributed by atoms with Crippen molar-refractivity contribution in [3.05, 3.63) is 64.2 Å². The van der Waals surface area contributed by atoms with Crippen LogP contribution in [0.4, 0.5) is 5.69 Å². The van der Waals surface area contributed by atoms with E-state index in [2.05, 4.69) is 13.2 Å². The topological polar surface area (TPSA) is 98.6 Å². The number of fused-ring (bicyclic) bond motifs is 1. The second kappa shape index (κ2) is 6.73. The van der Waals surface area contributed by atoms with Gasteiger partial charge in [0, 0.05) is 19.2 Å². The zero-order chi connectivity index (χ0) is 17.0. The van der Waals surface area contributed by atoms with E-state index in [9.17, 15) is 19.7 Å². The highest BCUT2D eigenvalue weighted by molar-refractivity contribution is 5.80. The van der Waals surface area contributed by atoms with E-state index in [1.165, 1.54) is 17.0 Å². The van der Waals surface area contributed by atoms with Crippen LogP contribution in [0.1, 0.15) is 0 Å². The first-order valence-electron chi connectivity index (χ1n) is 6.75. The maximum absolute atomic E-state index is 12.3. The second-order valence-corrected chi connectivity index (χ2v) is 4.74. The van der Waals surface area contributed by atoms with Gasteiger partial charge in [-0.05, 0) is 6.07 Å². The molecule has 120 valence electrons. The van der Waals surface area contributed by atoms with E-state index in [4.69, 9.17) is 4.42 Å². The smallest absolute Gasteiger partial charge is 0.407 e. The minimum atomic E-state index is -0.744. The molecule has 0 aliphatic carbocycles. The van der Waals surface area contributed by atoms with Crippen molar-refractivity contribution in [1.82, 2.24) is 9.47 Å². The molecule has 23 heavy (non-hydrogen) atoms. The number of hydrogen-bond donors (Lipinski definition) is 0. The van der Waals surface area contributed by atoms with Crippen molar-refractivity contribution in [2.75, 3.05) is 13.1 Å². The third-order valence-electron chi connectivity index (χ3n) is 3.21. The highest BCUT2D eigenvalue weighted by Gasteiger charge is 2.18. The van der Waals surface area contributed by atoms with E-state index in [1.807, 2.05) is 0 Å². The van der Waals surface area contributed by atoms with Crippen LogP contribution in [-0.2, 0) is 11.3 Å². The number of amides is 1. The Labute approximate surface area is 131 Å². The summed E-state index contributed by atoms with van der Waals surface area (Å²) in [6, 6.07) is 3.80. The first-order chi connectivity index (χ1) is 11.0. The zero-order valence-electron chi connectivity index (χ0n) is 12.3. The number of nitrogens with zero attached hydrogens (tertiary/aromatic N) is 3. The summed E-state index contributed by atoms with van der Waals surface area (Å²) in [5.41, 5.74) is 0.201. The molecule has 0 N–H and O–H groups in total. The third-order valence-corrected chi connectivity index (χ3v) is 3.21. The van der Waals surface area contributed by atoms with Gasteiger partial charge in [0.25, 0.3) is 5.69 Å². The van der Waals surface area contributed by atoms with Crippen LogP contribution in [0.25, 0.3) is 11.1 Å². The molecule has 0 radical (unpaired) electrons. The standard InChI is InChI=1S/C15H15N3O5/c1-3-7-16(8-4-2)14(19)10-17-12-6-5-11(18(21)22)9-13(12)23-15(17)20/h3-6,9H,1-2,7-8,10H2. The lowest BCUT2D eigenvalue weighted by Gasteiger charge is -2.19. The summed E-state index contributed by atoms with van der Waals surface area (Å²) < 4.78 is 6.12. The Morgan fingerprint density at radius 1 is 1.35 bits per heavy atom. The summed E-state index contributed by atoms with van der Waals surface area (Å²) >= 11 is 0. The van der Waals surface area contributed by atoms with Crippen LogP contribution >= 0.6 is 0 Å². The maximum atomic E-state index is 12.3. The van der Waals surface area contributed by atoms with Crippen LogP contribution in [0.15, 0.2) is 52.7 Å².